The van der Waals surface area contributed by atoms with Crippen LogP contribution >= 0.6 is 0 Å². The SMILES string of the molecule is CCc1cc(Nc2nccn3c(-c4ccc(OC)c(F)c4F)cnc23)ccc1C(=O)NC[C@H](NC(=O)C1CCN(C(=O)OC(C)(C)C)CC1)C(=O)OC.CCc1cc(Nc2nccn3c(-c4ccc(OC)c(F)c4F)cnc23)ccc1C(=O)NC[C@H](NC(=O)OCC1c2ccccc2-c2ccccc21)C(=O)OC. The van der Waals surface area contributed by atoms with Gasteiger partial charge in [0.2, 0.25) is 17.5 Å². The number of carbonyl (C=O) groups is 7. The Morgan fingerprint density at radius 2 is 1.01 bits per heavy atom. The first-order valence-electron chi connectivity index (χ1n) is 34.6. The van der Waals surface area contributed by atoms with E-state index in [-0.39, 0.29) is 54.1 Å². The molecule has 2 atom stereocenters. The minimum Gasteiger partial charge on any atom is -0.494 e. The summed E-state index contributed by atoms with van der Waals surface area (Å²) in [4.78, 5) is 110. The lowest BCUT2D eigenvalue weighted by molar-refractivity contribution is -0.145. The Morgan fingerprint density at radius 3 is 1.44 bits per heavy atom. The summed E-state index contributed by atoms with van der Waals surface area (Å²) in [5, 5.41) is 17.1. The van der Waals surface area contributed by atoms with E-state index in [2.05, 4.69) is 51.8 Å². The summed E-state index contributed by atoms with van der Waals surface area (Å²) in [5.74, 6) is -7.52. The average molecular weight is 1480 g/mol. The van der Waals surface area contributed by atoms with Gasteiger partial charge < -0.3 is 65.2 Å². The van der Waals surface area contributed by atoms with E-state index in [0.29, 0.717) is 107 Å². The fourth-order valence-corrected chi connectivity index (χ4v) is 12.8. The van der Waals surface area contributed by atoms with Gasteiger partial charge in [-0.25, -0.2) is 47.9 Å². The minimum atomic E-state index is -1.22. The van der Waals surface area contributed by atoms with E-state index in [4.69, 9.17) is 28.4 Å². The molecule has 2 aliphatic rings. The Morgan fingerprint density at radius 1 is 0.556 bits per heavy atom. The van der Waals surface area contributed by atoms with Crippen LogP contribution in [0.15, 0.2) is 146 Å². The van der Waals surface area contributed by atoms with Crippen molar-refractivity contribution in [1.29, 1.82) is 0 Å². The number of hydrogen-bond donors (Lipinski definition) is 6. The number of imidazole rings is 2. The van der Waals surface area contributed by atoms with Gasteiger partial charge in [-0.05, 0) is 140 Å². The van der Waals surface area contributed by atoms with Crippen LogP contribution in [0, 0.1) is 29.2 Å². The number of fused-ring (bicyclic) bond motifs is 5. The molecule has 5 amide bonds. The number of amides is 5. The number of nitrogens with one attached hydrogen (secondary N) is 6. The van der Waals surface area contributed by atoms with Crippen LogP contribution < -0.4 is 41.4 Å². The Balaban J connectivity index is 0.000000215. The number of alkyl carbamates (subject to hydrolysis) is 1. The average Bonchev–Trinajstić information content (AvgIpc) is 1.61. The molecule has 0 saturated carbocycles. The van der Waals surface area contributed by atoms with Gasteiger partial charge in [0.05, 0.1) is 52.2 Å². The summed E-state index contributed by atoms with van der Waals surface area (Å²) in [5.41, 5.74) is 8.15. The molecule has 30 heteroatoms. The standard InChI is InChI=1S/C41H36F2N6O6.C37H43F2N7O7/c1-4-23-19-24(47-37-38-45-21-33(49(38)18-17-44-37)30-15-16-34(53-2)36(43)35(30)42)13-14-25(23)39(50)46-20-32(40(51)54-3)48-41(52)55-22-31-28-11-7-5-9-26(28)27-10-6-8-12-29(27)31;1-7-21-18-23(43-31-32-41-20-27(46(32)17-14-40-31)25-10-11-28(51-5)30(39)29(25)38)8-9-24(21)34(48)42-19-26(35(49)52-6)44-33(47)22-12-15-45(16-13-22)36(50)53-37(2,3)4/h5-19,21,31-32H,4,20,22H2,1-3H3,(H,44,47)(H,46,50)(H,48,52);8-11,14,17-18,20,22,26H,7,12-13,15-16,19H2,1-6H3,(H,40,43)(H,42,48)(H,44,47)/t32-;26-/m00/s1. The molecule has 1 saturated heterocycles. The van der Waals surface area contributed by atoms with Crippen molar-refractivity contribution in [3.8, 4) is 45.1 Å². The van der Waals surface area contributed by atoms with Crippen LogP contribution in [0.1, 0.15) is 96.3 Å². The maximum atomic E-state index is 14.9. The molecule has 0 spiro atoms. The molecule has 1 aliphatic heterocycles. The zero-order valence-electron chi connectivity index (χ0n) is 60.5. The van der Waals surface area contributed by atoms with Crippen molar-refractivity contribution in [1.82, 2.24) is 54.9 Å². The van der Waals surface area contributed by atoms with Crippen molar-refractivity contribution in [2.24, 2.45) is 5.92 Å². The largest absolute Gasteiger partial charge is 0.494 e. The second kappa shape index (κ2) is 33.6. The van der Waals surface area contributed by atoms with Crippen LogP contribution in [0.5, 0.6) is 11.5 Å². The molecule has 0 unspecified atom stereocenters. The Labute approximate surface area is 617 Å². The zero-order valence-corrected chi connectivity index (χ0v) is 60.5. The van der Waals surface area contributed by atoms with Gasteiger partial charge in [0.25, 0.3) is 11.8 Å². The van der Waals surface area contributed by atoms with Crippen LogP contribution in [-0.2, 0) is 46.2 Å². The predicted molar refractivity (Wildman–Crippen MR) is 391 cm³/mol. The second-order valence-electron chi connectivity index (χ2n) is 26.1. The molecule has 5 heterocycles. The number of methoxy groups -OCH3 is 4. The molecule has 1 aliphatic carbocycles. The highest BCUT2D eigenvalue weighted by Crippen LogP contribution is 2.45. The van der Waals surface area contributed by atoms with E-state index in [1.807, 2.05) is 62.4 Å². The molecule has 12 rings (SSSR count). The van der Waals surface area contributed by atoms with E-state index >= 15 is 0 Å². The van der Waals surface area contributed by atoms with Crippen molar-refractivity contribution >= 4 is 76.2 Å². The van der Waals surface area contributed by atoms with Gasteiger partial charge in [0.1, 0.15) is 24.3 Å². The van der Waals surface area contributed by atoms with E-state index in [0.717, 1.165) is 22.3 Å². The predicted octanol–water partition coefficient (Wildman–Crippen LogP) is 11.8. The molecule has 0 radical (unpaired) electrons. The van der Waals surface area contributed by atoms with Crippen LogP contribution in [0.25, 0.3) is 44.9 Å². The van der Waals surface area contributed by atoms with Crippen molar-refractivity contribution in [2.45, 2.75) is 83.9 Å². The van der Waals surface area contributed by atoms with Gasteiger partial charge in [-0.3, -0.25) is 23.2 Å². The molecular weight excluding hydrogens is 1400 g/mol. The quantitative estimate of drug-likeness (QED) is 0.0197. The number of likely N-dealkylation sites (tertiary alicyclic amines) is 1. The number of benzene rings is 6. The summed E-state index contributed by atoms with van der Waals surface area (Å²) < 4.78 is 92.6. The van der Waals surface area contributed by atoms with Gasteiger partial charge in [-0.1, -0.05) is 62.4 Å². The number of aromatic nitrogens is 6. The number of ether oxygens (including phenoxy) is 6. The van der Waals surface area contributed by atoms with Crippen LogP contribution in [-0.4, -0.2) is 154 Å². The van der Waals surface area contributed by atoms with Crippen molar-refractivity contribution in [2.75, 3.05) is 71.9 Å². The van der Waals surface area contributed by atoms with E-state index in [9.17, 15) is 51.1 Å². The number of hydrogen-bond acceptors (Lipinski definition) is 19. The third-order valence-corrected chi connectivity index (χ3v) is 18.3. The lowest BCUT2D eigenvalue weighted by Crippen LogP contribution is -2.52. The lowest BCUT2D eigenvalue weighted by atomic mass is 9.95. The number of carbonyl (C=O) groups excluding carboxylic acids is 7. The van der Waals surface area contributed by atoms with E-state index in [1.54, 1.807) is 83.3 Å². The maximum absolute atomic E-state index is 14.9. The molecule has 0 bridgehead atoms. The summed E-state index contributed by atoms with van der Waals surface area (Å²) >= 11 is 0. The van der Waals surface area contributed by atoms with E-state index < -0.39 is 82.8 Å². The fraction of sp³-hybridized carbons (Fsp3) is 0.295. The third kappa shape index (κ3) is 16.9. The first-order chi connectivity index (χ1) is 52.0. The summed E-state index contributed by atoms with van der Waals surface area (Å²) in [7, 11) is 4.90. The Kier molecular flexibility index (Phi) is 23.8. The highest BCUT2D eigenvalue weighted by Gasteiger charge is 2.35. The Bertz CT molecular complexity index is 5010. The molecule has 562 valence electrons. The zero-order chi connectivity index (χ0) is 77.1. The van der Waals surface area contributed by atoms with Gasteiger partial charge in [0.15, 0.2) is 46.1 Å². The van der Waals surface area contributed by atoms with Crippen LogP contribution in [0.3, 0.4) is 0 Å². The molecule has 6 N–H and O–H groups in total. The molecule has 6 aromatic carbocycles. The van der Waals surface area contributed by atoms with Crippen LogP contribution in [0.2, 0.25) is 0 Å². The first kappa shape index (κ1) is 76.5. The summed E-state index contributed by atoms with van der Waals surface area (Å²) in [6, 6.07) is 29.2. The fourth-order valence-electron chi connectivity index (χ4n) is 12.8. The first-order valence-corrected chi connectivity index (χ1v) is 34.6. The molecule has 108 heavy (non-hydrogen) atoms. The highest BCUT2D eigenvalue weighted by molar-refractivity contribution is 5.98. The van der Waals surface area contributed by atoms with E-state index in [1.165, 1.54) is 77.5 Å². The second-order valence-corrected chi connectivity index (χ2v) is 26.1. The number of esters is 2. The normalized spacial score (nSPS) is 13.2. The number of anilines is 4. The number of rotatable bonds is 23. The Hall–Kier alpha value is -12.6. The maximum Gasteiger partial charge on any atom is 0.410 e. The van der Waals surface area contributed by atoms with Gasteiger partial charge in [0, 0.05) is 96.4 Å². The van der Waals surface area contributed by atoms with Crippen molar-refractivity contribution < 1.29 is 79.5 Å². The van der Waals surface area contributed by atoms with Crippen molar-refractivity contribution in [3.05, 3.63) is 203 Å². The van der Waals surface area contributed by atoms with Gasteiger partial charge >= 0.3 is 24.1 Å². The molecule has 10 aromatic rings. The minimum absolute atomic E-state index is 0.00509. The molecule has 26 nitrogen and oxygen atoms in total. The van der Waals surface area contributed by atoms with Crippen molar-refractivity contribution in [3.63, 3.8) is 0 Å². The number of piperidine rings is 1. The summed E-state index contributed by atoms with van der Waals surface area (Å²) in [6.45, 7) is 9.35. The third-order valence-electron chi connectivity index (χ3n) is 18.3. The monoisotopic (exact) mass is 1480 g/mol. The highest BCUT2D eigenvalue weighted by atomic mass is 19.2. The van der Waals surface area contributed by atoms with Gasteiger partial charge in [-0.15, -0.1) is 0 Å². The van der Waals surface area contributed by atoms with Crippen LogP contribution in [0.4, 0.5) is 50.2 Å². The molecular formula is C78H79F4N13O13. The van der Waals surface area contributed by atoms with Gasteiger partial charge in [-0.2, -0.15) is 8.78 Å². The summed E-state index contributed by atoms with van der Waals surface area (Å²) in [6.07, 6.45) is 9.44. The molecule has 1 fully saturated rings. The molecule has 4 aromatic heterocycles. The number of nitrogens with zero attached hydrogens (tertiary/aromatic N) is 7. The topological polar surface area (TPSA) is 311 Å². The smallest absolute Gasteiger partial charge is 0.410 e. The number of halogens is 4. The lowest BCUT2D eigenvalue weighted by Gasteiger charge is -2.33. The number of aryl methyl sites for hydroxylation is 2.